The number of benzene rings is 2. The number of carbonyl (C=O) groups excluding carboxylic acids is 1. The molecule has 5 rings (SSSR count). The second-order valence-electron chi connectivity index (χ2n) is 7.61. The molecule has 2 aliphatic heterocycles. The first-order valence-electron chi connectivity index (χ1n) is 10.1. The van der Waals surface area contributed by atoms with Crippen LogP contribution in [0.2, 0.25) is 0 Å². The topological polar surface area (TPSA) is 71.9 Å². The van der Waals surface area contributed by atoms with E-state index in [4.69, 9.17) is 9.47 Å². The number of ether oxygens (including phenoxy) is 2. The van der Waals surface area contributed by atoms with Gasteiger partial charge in [0.15, 0.2) is 0 Å². The van der Waals surface area contributed by atoms with E-state index < -0.39 is 6.10 Å². The highest BCUT2D eigenvalue weighted by atomic mass is 32.1. The van der Waals surface area contributed by atoms with E-state index in [9.17, 15) is 9.90 Å². The van der Waals surface area contributed by atoms with Gasteiger partial charge in [-0.15, -0.1) is 0 Å². The van der Waals surface area contributed by atoms with E-state index in [0.29, 0.717) is 35.3 Å². The Hall–Kier alpha value is -2.90. The number of nitrogens with zero attached hydrogens (tertiary/aromatic N) is 2. The van der Waals surface area contributed by atoms with E-state index in [1.807, 2.05) is 36.4 Å². The molecule has 3 heterocycles. The largest absolute Gasteiger partial charge is 0.485 e. The molecular weight excluding hydrogens is 400 g/mol. The van der Waals surface area contributed by atoms with Crippen LogP contribution in [-0.4, -0.2) is 40.1 Å². The molecule has 3 aromatic rings. The van der Waals surface area contributed by atoms with Crippen LogP contribution in [0.3, 0.4) is 0 Å². The molecule has 1 aromatic heterocycles. The Kier molecular flexibility index (Phi) is 5.14. The molecule has 0 spiro atoms. The number of aryl methyl sites for hydroxylation is 1. The molecule has 0 bridgehead atoms. The van der Waals surface area contributed by atoms with Crippen molar-refractivity contribution < 1.29 is 19.4 Å². The minimum atomic E-state index is -0.434. The van der Waals surface area contributed by atoms with E-state index in [1.165, 1.54) is 16.9 Å². The molecular formula is C23H22N2O4S. The van der Waals surface area contributed by atoms with Crippen LogP contribution in [0.4, 0.5) is 0 Å². The maximum Gasteiger partial charge on any atom is 0.279 e. The zero-order chi connectivity index (χ0) is 20.5. The number of fused-ring (bicyclic) bond motifs is 1. The van der Waals surface area contributed by atoms with Crippen molar-refractivity contribution in [3.8, 4) is 16.7 Å². The van der Waals surface area contributed by atoms with Gasteiger partial charge < -0.3 is 19.5 Å². The number of hydrogen-bond acceptors (Lipinski definition) is 6. The molecule has 1 amide bonds. The van der Waals surface area contributed by atoms with Crippen molar-refractivity contribution in [3.05, 3.63) is 70.7 Å². The second kappa shape index (κ2) is 8.08. The molecule has 1 saturated heterocycles. The number of aliphatic hydroxyl groups excluding tert-OH is 1. The normalized spacial score (nSPS) is 20.5. The molecule has 1 fully saturated rings. The maximum atomic E-state index is 12.5. The van der Waals surface area contributed by atoms with E-state index in [2.05, 4.69) is 17.1 Å². The van der Waals surface area contributed by atoms with Gasteiger partial charge in [-0.1, -0.05) is 41.7 Å². The summed E-state index contributed by atoms with van der Waals surface area (Å²) in [5.41, 5.74) is 2.30. The molecule has 2 aromatic carbocycles. The summed E-state index contributed by atoms with van der Waals surface area (Å²) in [7, 11) is 0. The van der Waals surface area contributed by atoms with E-state index in [1.54, 1.807) is 11.1 Å². The second-order valence-corrected chi connectivity index (χ2v) is 8.60. The molecule has 0 saturated carbocycles. The first kappa shape index (κ1) is 19.1. The monoisotopic (exact) mass is 422 g/mol. The fraction of sp³-hybridized carbons (Fsp3) is 0.304. The molecule has 1 N–H and O–H groups in total. The van der Waals surface area contributed by atoms with Gasteiger partial charge in [-0.25, -0.2) is 4.98 Å². The standard InChI is InChI=1S/C23H22N2O4S/c26-17-10-11-25(14-17)22(27)21-13-24-23(30-21)28-18-7-9-20-16(12-18)6-8-19(29-20)15-4-2-1-3-5-15/h1-5,7,9,12-13,17,19,26H,6,8,10-11,14H2/t17-,19?/m1/s1. The van der Waals surface area contributed by atoms with Crippen molar-refractivity contribution >= 4 is 17.2 Å². The number of aromatic nitrogens is 1. The third kappa shape index (κ3) is 3.91. The highest BCUT2D eigenvalue weighted by Crippen LogP contribution is 2.38. The Morgan fingerprint density at radius 1 is 1.20 bits per heavy atom. The molecule has 1 unspecified atom stereocenters. The molecule has 0 aliphatic carbocycles. The van der Waals surface area contributed by atoms with Gasteiger partial charge in [0, 0.05) is 13.1 Å². The Bertz CT molecular complexity index is 1050. The van der Waals surface area contributed by atoms with Gasteiger partial charge in [0.05, 0.1) is 12.3 Å². The number of amides is 1. The molecule has 2 aliphatic rings. The maximum absolute atomic E-state index is 12.5. The summed E-state index contributed by atoms with van der Waals surface area (Å²) < 4.78 is 12.1. The summed E-state index contributed by atoms with van der Waals surface area (Å²) in [5, 5.41) is 10.1. The summed E-state index contributed by atoms with van der Waals surface area (Å²) in [6.45, 7) is 0.949. The van der Waals surface area contributed by atoms with Crippen molar-refractivity contribution in [2.75, 3.05) is 13.1 Å². The van der Waals surface area contributed by atoms with Crippen molar-refractivity contribution in [1.29, 1.82) is 0 Å². The van der Waals surface area contributed by atoms with Gasteiger partial charge >= 0.3 is 0 Å². The molecule has 2 atom stereocenters. The molecule has 7 heteroatoms. The smallest absolute Gasteiger partial charge is 0.279 e. The van der Waals surface area contributed by atoms with Gasteiger partial charge in [-0.2, -0.15) is 0 Å². The van der Waals surface area contributed by atoms with Crippen molar-refractivity contribution in [2.45, 2.75) is 31.5 Å². The van der Waals surface area contributed by atoms with Gasteiger partial charge in [-0.05, 0) is 48.6 Å². The number of likely N-dealkylation sites (tertiary alicyclic amines) is 1. The highest BCUT2D eigenvalue weighted by Gasteiger charge is 2.27. The minimum absolute atomic E-state index is 0.0714. The lowest BCUT2D eigenvalue weighted by Gasteiger charge is -2.26. The van der Waals surface area contributed by atoms with Crippen LogP contribution in [0.15, 0.2) is 54.7 Å². The SMILES string of the molecule is O=C(c1cnc(Oc2ccc3c(c2)CCC(c2ccccc2)O3)s1)N1CC[C@@H](O)C1. The number of rotatable bonds is 4. The third-order valence-corrected chi connectivity index (χ3v) is 6.36. The van der Waals surface area contributed by atoms with Gasteiger partial charge in [0.1, 0.15) is 22.5 Å². The van der Waals surface area contributed by atoms with E-state index >= 15 is 0 Å². The van der Waals surface area contributed by atoms with E-state index in [0.717, 1.165) is 24.2 Å². The van der Waals surface area contributed by atoms with Crippen LogP contribution in [0.5, 0.6) is 16.7 Å². The molecule has 0 radical (unpaired) electrons. The van der Waals surface area contributed by atoms with Crippen LogP contribution in [0.1, 0.15) is 39.7 Å². The van der Waals surface area contributed by atoms with Gasteiger partial charge in [0.2, 0.25) is 0 Å². The first-order chi connectivity index (χ1) is 14.7. The van der Waals surface area contributed by atoms with Crippen LogP contribution in [0, 0.1) is 0 Å². The van der Waals surface area contributed by atoms with Crippen LogP contribution in [-0.2, 0) is 6.42 Å². The number of carbonyl (C=O) groups is 1. The Labute approximate surface area is 178 Å². The quantitative estimate of drug-likeness (QED) is 0.682. The predicted molar refractivity (Wildman–Crippen MR) is 113 cm³/mol. The average molecular weight is 423 g/mol. The average Bonchev–Trinajstić information content (AvgIpc) is 3.43. The molecule has 154 valence electrons. The lowest BCUT2D eigenvalue weighted by Crippen LogP contribution is -2.28. The Morgan fingerprint density at radius 2 is 2.07 bits per heavy atom. The van der Waals surface area contributed by atoms with Crippen molar-refractivity contribution in [2.24, 2.45) is 0 Å². The number of aliphatic hydroxyl groups is 1. The summed E-state index contributed by atoms with van der Waals surface area (Å²) in [6.07, 6.45) is 3.62. The number of hydrogen-bond donors (Lipinski definition) is 1. The molecule has 30 heavy (non-hydrogen) atoms. The fourth-order valence-corrected chi connectivity index (χ4v) is 4.67. The van der Waals surface area contributed by atoms with Crippen molar-refractivity contribution in [3.63, 3.8) is 0 Å². The highest BCUT2D eigenvalue weighted by molar-refractivity contribution is 7.15. The van der Waals surface area contributed by atoms with E-state index in [-0.39, 0.29) is 12.0 Å². The number of thiazole rings is 1. The number of β-amino-alcohol motifs (C(OH)–C–C–N with tert-alkyl or cyclic N) is 1. The molecule has 6 nitrogen and oxygen atoms in total. The fourth-order valence-electron chi connectivity index (χ4n) is 3.92. The first-order valence-corrected chi connectivity index (χ1v) is 10.9. The third-order valence-electron chi connectivity index (χ3n) is 5.50. The lowest BCUT2D eigenvalue weighted by atomic mass is 9.97. The zero-order valence-electron chi connectivity index (χ0n) is 16.4. The summed E-state index contributed by atoms with van der Waals surface area (Å²) in [6, 6.07) is 16.0. The summed E-state index contributed by atoms with van der Waals surface area (Å²) in [4.78, 5) is 18.9. The van der Waals surface area contributed by atoms with Crippen LogP contribution >= 0.6 is 11.3 Å². The predicted octanol–water partition coefficient (Wildman–Crippen LogP) is 4.21. The Balaban J connectivity index is 1.26. The zero-order valence-corrected chi connectivity index (χ0v) is 17.2. The Morgan fingerprint density at radius 3 is 2.87 bits per heavy atom. The van der Waals surface area contributed by atoms with Gasteiger partial charge in [0.25, 0.3) is 11.1 Å². The lowest BCUT2D eigenvalue weighted by molar-refractivity contribution is 0.0769. The van der Waals surface area contributed by atoms with Crippen LogP contribution in [0.25, 0.3) is 0 Å². The minimum Gasteiger partial charge on any atom is -0.485 e. The summed E-state index contributed by atoms with van der Waals surface area (Å²) in [5.74, 6) is 1.45. The summed E-state index contributed by atoms with van der Waals surface area (Å²) >= 11 is 1.22. The van der Waals surface area contributed by atoms with Gasteiger partial charge in [-0.3, -0.25) is 4.79 Å². The van der Waals surface area contributed by atoms with Crippen molar-refractivity contribution in [1.82, 2.24) is 9.88 Å². The van der Waals surface area contributed by atoms with Crippen LogP contribution < -0.4 is 9.47 Å².